The molecule has 0 aromatic heterocycles. The highest BCUT2D eigenvalue weighted by atomic mass is 16.4. The third kappa shape index (κ3) is 6.80. The van der Waals surface area contributed by atoms with Crippen molar-refractivity contribution in [2.24, 2.45) is 11.8 Å². The standard InChI is InChI=1S/C15H29N3O3/c1-11(2)8-12(9-14(19)20)10-17-15(21)18(3)13-4-6-16-7-5-13/h11-13,16H,4-10H2,1-3H3,(H,17,21)(H,19,20). The molecule has 0 aromatic rings. The minimum absolute atomic E-state index is 0.00660. The van der Waals surface area contributed by atoms with Crippen molar-refractivity contribution in [1.82, 2.24) is 15.5 Å². The fourth-order valence-corrected chi connectivity index (χ4v) is 2.87. The zero-order valence-electron chi connectivity index (χ0n) is 13.4. The van der Waals surface area contributed by atoms with Gasteiger partial charge in [-0.25, -0.2) is 4.79 Å². The number of nitrogens with zero attached hydrogens (tertiary/aromatic N) is 1. The van der Waals surface area contributed by atoms with E-state index in [0.717, 1.165) is 32.4 Å². The zero-order chi connectivity index (χ0) is 15.8. The predicted octanol–water partition coefficient (Wildman–Crippen LogP) is 1.52. The Morgan fingerprint density at radius 2 is 1.95 bits per heavy atom. The number of amides is 2. The largest absolute Gasteiger partial charge is 0.481 e. The van der Waals surface area contributed by atoms with Gasteiger partial charge in [-0.2, -0.15) is 0 Å². The normalized spacial score (nSPS) is 17.5. The van der Waals surface area contributed by atoms with Crippen molar-refractivity contribution in [3.8, 4) is 0 Å². The summed E-state index contributed by atoms with van der Waals surface area (Å²) in [5.41, 5.74) is 0. The molecular weight excluding hydrogens is 270 g/mol. The lowest BCUT2D eigenvalue weighted by Gasteiger charge is -2.32. The topological polar surface area (TPSA) is 81.7 Å². The van der Waals surface area contributed by atoms with Gasteiger partial charge in [0.15, 0.2) is 0 Å². The van der Waals surface area contributed by atoms with E-state index in [9.17, 15) is 9.59 Å². The van der Waals surface area contributed by atoms with E-state index >= 15 is 0 Å². The molecule has 1 aliphatic rings. The quantitative estimate of drug-likeness (QED) is 0.665. The molecule has 0 spiro atoms. The number of carbonyl (C=O) groups is 2. The summed E-state index contributed by atoms with van der Waals surface area (Å²) in [6, 6.07) is 0.176. The highest BCUT2D eigenvalue weighted by Gasteiger charge is 2.23. The van der Waals surface area contributed by atoms with E-state index in [0.29, 0.717) is 12.5 Å². The van der Waals surface area contributed by atoms with Crippen molar-refractivity contribution in [2.45, 2.75) is 45.6 Å². The summed E-state index contributed by atoms with van der Waals surface area (Å²) in [5, 5.41) is 15.1. The molecule has 0 saturated carbocycles. The number of carboxylic acids is 1. The number of carbonyl (C=O) groups excluding carboxylic acids is 1. The minimum atomic E-state index is -0.804. The van der Waals surface area contributed by atoms with Crippen LogP contribution in [0.15, 0.2) is 0 Å². The third-order valence-corrected chi connectivity index (χ3v) is 3.99. The molecule has 1 fully saturated rings. The van der Waals surface area contributed by atoms with Crippen LogP contribution in [0.1, 0.15) is 39.5 Å². The zero-order valence-corrected chi connectivity index (χ0v) is 13.4. The Bertz CT molecular complexity index is 341. The number of carboxylic acid groups (broad SMARTS) is 1. The van der Waals surface area contributed by atoms with E-state index in [1.807, 2.05) is 7.05 Å². The van der Waals surface area contributed by atoms with Crippen molar-refractivity contribution >= 4 is 12.0 Å². The first-order chi connectivity index (χ1) is 9.90. The summed E-state index contributed by atoms with van der Waals surface area (Å²) in [5.74, 6) is -0.386. The molecule has 1 unspecified atom stereocenters. The van der Waals surface area contributed by atoms with E-state index in [1.165, 1.54) is 0 Å². The van der Waals surface area contributed by atoms with E-state index in [1.54, 1.807) is 4.90 Å². The first-order valence-corrected chi connectivity index (χ1v) is 7.83. The van der Waals surface area contributed by atoms with Gasteiger partial charge < -0.3 is 20.6 Å². The van der Waals surface area contributed by atoms with Crippen LogP contribution in [0.2, 0.25) is 0 Å². The molecule has 2 amide bonds. The molecule has 6 heteroatoms. The number of hydrogen-bond donors (Lipinski definition) is 3. The lowest BCUT2D eigenvalue weighted by Crippen LogP contribution is -2.48. The second-order valence-corrected chi connectivity index (χ2v) is 6.37. The molecule has 122 valence electrons. The average molecular weight is 299 g/mol. The lowest BCUT2D eigenvalue weighted by atomic mass is 9.94. The van der Waals surface area contributed by atoms with Gasteiger partial charge in [0.2, 0.25) is 0 Å². The van der Waals surface area contributed by atoms with Crippen molar-refractivity contribution in [1.29, 1.82) is 0 Å². The SMILES string of the molecule is CC(C)CC(CNC(=O)N(C)C1CCNCC1)CC(=O)O. The highest BCUT2D eigenvalue weighted by Crippen LogP contribution is 2.15. The van der Waals surface area contributed by atoms with Crippen LogP contribution < -0.4 is 10.6 Å². The van der Waals surface area contributed by atoms with Crippen LogP contribution >= 0.6 is 0 Å². The van der Waals surface area contributed by atoms with Crippen LogP contribution in [-0.4, -0.2) is 54.7 Å². The Hall–Kier alpha value is -1.30. The summed E-state index contributed by atoms with van der Waals surface area (Å²) < 4.78 is 0. The molecule has 1 atom stereocenters. The summed E-state index contributed by atoms with van der Waals surface area (Å²) in [4.78, 5) is 24.8. The number of aliphatic carboxylic acids is 1. The fourth-order valence-electron chi connectivity index (χ4n) is 2.87. The maximum atomic E-state index is 12.2. The number of piperidine rings is 1. The van der Waals surface area contributed by atoms with E-state index in [-0.39, 0.29) is 24.4 Å². The Balaban J connectivity index is 2.41. The van der Waals surface area contributed by atoms with Crippen LogP contribution in [-0.2, 0) is 4.79 Å². The molecule has 21 heavy (non-hydrogen) atoms. The van der Waals surface area contributed by atoms with Crippen LogP contribution in [0.3, 0.4) is 0 Å². The van der Waals surface area contributed by atoms with Crippen molar-refractivity contribution < 1.29 is 14.7 Å². The molecule has 1 heterocycles. The summed E-state index contributed by atoms with van der Waals surface area (Å²) >= 11 is 0. The highest BCUT2D eigenvalue weighted by molar-refractivity contribution is 5.74. The van der Waals surface area contributed by atoms with Crippen LogP contribution in [0.4, 0.5) is 4.79 Å². The summed E-state index contributed by atoms with van der Waals surface area (Å²) in [6.07, 6.45) is 2.85. The van der Waals surface area contributed by atoms with Crippen molar-refractivity contribution in [2.75, 3.05) is 26.7 Å². The van der Waals surface area contributed by atoms with Crippen LogP contribution in [0.5, 0.6) is 0 Å². The molecule has 0 radical (unpaired) electrons. The van der Waals surface area contributed by atoms with E-state index < -0.39 is 5.97 Å². The Labute approximate surface area is 127 Å². The number of rotatable bonds is 7. The molecular formula is C15H29N3O3. The van der Waals surface area contributed by atoms with Gasteiger partial charge in [-0.3, -0.25) is 4.79 Å². The molecule has 1 saturated heterocycles. The molecule has 1 aliphatic heterocycles. The Morgan fingerprint density at radius 3 is 2.48 bits per heavy atom. The second kappa shape index (κ2) is 8.87. The number of urea groups is 1. The number of nitrogens with one attached hydrogen (secondary N) is 2. The van der Waals surface area contributed by atoms with Gasteiger partial charge in [-0.1, -0.05) is 13.8 Å². The molecule has 6 nitrogen and oxygen atoms in total. The summed E-state index contributed by atoms with van der Waals surface area (Å²) in [6.45, 7) is 6.45. The Morgan fingerprint density at radius 1 is 1.33 bits per heavy atom. The first kappa shape index (κ1) is 17.8. The van der Waals surface area contributed by atoms with Gasteiger partial charge in [0, 0.05) is 26.1 Å². The Kier molecular flexibility index (Phi) is 7.50. The summed E-state index contributed by atoms with van der Waals surface area (Å²) in [7, 11) is 1.82. The maximum Gasteiger partial charge on any atom is 0.317 e. The van der Waals surface area contributed by atoms with Gasteiger partial charge in [-0.05, 0) is 44.2 Å². The van der Waals surface area contributed by atoms with Gasteiger partial charge in [-0.15, -0.1) is 0 Å². The van der Waals surface area contributed by atoms with Crippen molar-refractivity contribution in [3.05, 3.63) is 0 Å². The van der Waals surface area contributed by atoms with Crippen molar-refractivity contribution in [3.63, 3.8) is 0 Å². The smallest absolute Gasteiger partial charge is 0.317 e. The maximum absolute atomic E-state index is 12.2. The molecule has 0 aliphatic carbocycles. The lowest BCUT2D eigenvalue weighted by molar-refractivity contribution is -0.138. The monoisotopic (exact) mass is 299 g/mol. The van der Waals surface area contributed by atoms with Gasteiger partial charge in [0.05, 0.1) is 0 Å². The van der Waals surface area contributed by atoms with E-state index in [4.69, 9.17) is 5.11 Å². The van der Waals surface area contributed by atoms with Crippen LogP contribution in [0.25, 0.3) is 0 Å². The molecule has 0 bridgehead atoms. The van der Waals surface area contributed by atoms with Gasteiger partial charge in [0.1, 0.15) is 0 Å². The molecule has 0 aromatic carbocycles. The minimum Gasteiger partial charge on any atom is -0.481 e. The van der Waals surface area contributed by atoms with E-state index in [2.05, 4.69) is 24.5 Å². The molecule has 3 N–H and O–H groups in total. The van der Waals surface area contributed by atoms with Gasteiger partial charge >= 0.3 is 12.0 Å². The average Bonchev–Trinajstić information content (AvgIpc) is 2.43. The molecule has 1 rings (SSSR count). The predicted molar refractivity (Wildman–Crippen MR) is 82.3 cm³/mol. The number of hydrogen-bond acceptors (Lipinski definition) is 3. The van der Waals surface area contributed by atoms with Gasteiger partial charge in [0.25, 0.3) is 0 Å². The first-order valence-electron chi connectivity index (χ1n) is 7.83. The fraction of sp³-hybridized carbons (Fsp3) is 0.867. The third-order valence-electron chi connectivity index (χ3n) is 3.99. The van der Waals surface area contributed by atoms with Crippen LogP contribution in [0, 0.1) is 11.8 Å². The second-order valence-electron chi connectivity index (χ2n) is 6.37.